The van der Waals surface area contributed by atoms with Gasteiger partial charge in [0.05, 0.1) is 12.1 Å². The fourth-order valence-corrected chi connectivity index (χ4v) is 3.57. The van der Waals surface area contributed by atoms with Crippen molar-refractivity contribution in [2.45, 2.75) is 19.1 Å². The number of carbonyl (C=O) groups is 2. The van der Waals surface area contributed by atoms with Crippen molar-refractivity contribution >= 4 is 17.6 Å². The third kappa shape index (κ3) is 6.27. The number of amides is 3. The number of fused-ring (bicyclic) bond motifs is 1. The number of benzene rings is 3. The molecule has 0 fully saturated rings. The molecular formula is C26H26FN3O5. The minimum absolute atomic E-state index is 0.0204. The van der Waals surface area contributed by atoms with Crippen molar-refractivity contribution in [3.05, 3.63) is 89.2 Å². The first-order valence-electron chi connectivity index (χ1n) is 11.2. The average Bonchev–Trinajstić information content (AvgIpc) is 2.87. The van der Waals surface area contributed by atoms with E-state index in [0.717, 1.165) is 5.56 Å². The molecule has 0 spiro atoms. The number of rotatable bonds is 7. The largest absolute Gasteiger partial charge is 0.486 e. The van der Waals surface area contributed by atoms with Crippen LogP contribution in [0, 0.1) is 5.82 Å². The van der Waals surface area contributed by atoms with Crippen molar-refractivity contribution in [1.29, 1.82) is 0 Å². The monoisotopic (exact) mass is 479 g/mol. The number of urea groups is 1. The summed E-state index contributed by atoms with van der Waals surface area (Å²) in [4.78, 5) is 24.6. The minimum Gasteiger partial charge on any atom is -0.486 e. The molecule has 1 aliphatic rings. The minimum atomic E-state index is -0.907. The molecule has 0 aromatic heterocycles. The molecule has 0 radical (unpaired) electrons. The number of halogens is 1. The molecule has 1 unspecified atom stereocenters. The summed E-state index contributed by atoms with van der Waals surface area (Å²) in [5.74, 6) is 0.449. The normalized spacial score (nSPS) is 13.9. The van der Waals surface area contributed by atoms with E-state index in [2.05, 4.69) is 16.0 Å². The van der Waals surface area contributed by atoms with Gasteiger partial charge in [-0.15, -0.1) is 0 Å². The summed E-state index contributed by atoms with van der Waals surface area (Å²) in [5.41, 5.74) is 2.36. The summed E-state index contributed by atoms with van der Waals surface area (Å²) in [6, 6.07) is 16.7. The first-order chi connectivity index (χ1) is 16.9. The molecule has 3 amide bonds. The van der Waals surface area contributed by atoms with Crippen molar-refractivity contribution in [1.82, 2.24) is 10.6 Å². The average molecular weight is 480 g/mol. The van der Waals surface area contributed by atoms with Gasteiger partial charge in [0.15, 0.2) is 11.5 Å². The van der Waals surface area contributed by atoms with E-state index < -0.39 is 18.0 Å². The van der Waals surface area contributed by atoms with Gasteiger partial charge in [-0.1, -0.05) is 18.2 Å². The Morgan fingerprint density at radius 2 is 1.60 bits per heavy atom. The van der Waals surface area contributed by atoms with E-state index in [1.807, 2.05) is 6.92 Å². The van der Waals surface area contributed by atoms with E-state index in [1.54, 1.807) is 42.5 Å². The zero-order valence-electron chi connectivity index (χ0n) is 19.1. The second-order valence-electron chi connectivity index (χ2n) is 8.08. The molecule has 2 atom stereocenters. The van der Waals surface area contributed by atoms with Gasteiger partial charge >= 0.3 is 6.03 Å². The number of anilines is 1. The zero-order chi connectivity index (χ0) is 24.8. The van der Waals surface area contributed by atoms with Crippen molar-refractivity contribution in [2.24, 2.45) is 0 Å². The van der Waals surface area contributed by atoms with E-state index in [9.17, 15) is 19.1 Å². The maximum Gasteiger partial charge on any atom is 0.315 e. The number of hydrogen-bond acceptors (Lipinski definition) is 5. The summed E-state index contributed by atoms with van der Waals surface area (Å²) < 4.78 is 24.0. The fourth-order valence-electron chi connectivity index (χ4n) is 3.57. The van der Waals surface area contributed by atoms with Crippen LogP contribution >= 0.6 is 0 Å². The number of hydrogen-bond donors (Lipinski definition) is 4. The lowest BCUT2D eigenvalue weighted by Gasteiger charge is -2.21. The molecule has 35 heavy (non-hydrogen) atoms. The molecule has 4 rings (SSSR count). The zero-order valence-corrected chi connectivity index (χ0v) is 19.1. The van der Waals surface area contributed by atoms with Crippen LogP contribution in [0.5, 0.6) is 11.5 Å². The van der Waals surface area contributed by atoms with Crippen LogP contribution < -0.4 is 25.4 Å². The SMILES string of the molecule is CC(NC(=O)NC[C@H](O)c1ccc2c(c1)OCCO2)c1ccc(NC(=O)c2ccc(F)cc2)cc1. The van der Waals surface area contributed by atoms with E-state index >= 15 is 0 Å². The van der Waals surface area contributed by atoms with Gasteiger partial charge in [0.1, 0.15) is 19.0 Å². The van der Waals surface area contributed by atoms with Gasteiger partial charge in [-0.3, -0.25) is 4.79 Å². The highest BCUT2D eigenvalue weighted by molar-refractivity contribution is 6.04. The van der Waals surface area contributed by atoms with Gasteiger partial charge in [0.2, 0.25) is 0 Å². The van der Waals surface area contributed by atoms with E-state index in [1.165, 1.54) is 24.3 Å². The highest BCUT2D eigenvalue weighted by Gasteiger charge is 2.17. The maximum atomic E-state index is 13.0. The molecule has 1 heterocycles. The molecule has 0 bridgehead atoms. The highest BCUT2D eigenvalue weighted by atomic mass is 19.1. The highest BCUT2D eigenvalue weighted by Crippen LogP contribution is 2.32. The van der Waals surface area contributed by atoms with Crippen LogP contribution in [-0.4, -0.2) is 36.8 Å². The van der Waals surface area contributed by atoms with Crippen molar-refractivity contribution < 1.29 is 28.6 Å². The van der Waals surface area contributed by atoms with Crippen molar-refractivity contribution in [3.63, 3.8) is 0 Å². The molecular weight excluding hydrogens is 453 g/mol. The van der Waals surface area contributed by atoms with E-state index in [-0.39, 0.29) is 18.5 Å². The quantitative estimate of drug-likeness (QED) is 0.411. The number of carbonyl (C=O) groups excluding carboxylic acids is 2. The Morgan fingerprint density at radius 1 is 0.943 bits per heavy atom. The lowest BCUT2D eigenvalue weighted by Crippen LogP contribution is -2.39. The first-order valence-corrected chi connectivity index (χ1v) is 11.2. The van der Waals surface area contributed by atoms with E-state index in [4.69, 9.17) is 9.47 Å². The Kier molecular flexibility index (Phi) is 7.47. The Labute approximate surface area is 202 Å². The summed E-state index contributed by atoms with van der Waals surface area (Å²) in [6.45, 7) is 2.78. The molecule has 0 aliphatic carbocycles. The molecule has 0 saturated heterocycles. The van der Waals surface area contributed by atoms with Crippen LogP contribution in [0.3, 0.4) is 0 Å². The van der Waals surface area contributed by atoms with Crippen LogP contribution in [0.1, 0.15) is 40.6 Å². The molecule has 3 aromatic carbocycles. The Balaban J connectivity index is 1.25. The number of nitrogens with one attached hydrogen (secondary N) is 3. The van der Waals surface area contributed by atoms with Gasteiger partial charge in [-0.25, -0.2) is 9.18 Å². The smallest absolute Gasteiger partial charge is 0.315 e. The molecule has 1 aliphatic heterocycles. The second-order valence-corrected chi connectivity index (χ2v) is 8.08. The molecule has 4 N–H and O–H groups in total. The van der Waals surface area contributed by atoms with Crippen molar-refractivity contribution in [3.8, 4) is 11.5 Å². The van der Waals surface area contributed by atoms with Gasteiger partial charge in [-0.05, 0) is 66.6 Å². The Bertz CT molecular complexity index is 1180. The van der Waals surface area contributed by atoms with Gasteiger partial charge < -0.3 is 30.5 Å². The molecule has 8 nitrogen and oxygen atoms in total. The van der Waals surface area contributed by atoms with Crippen LogP contribution in [0.25, 0.3) is 0 Å². The third-order valence-corrected chi connectivity index (χ3v) is 5.53. The Morgan fingerprint density at radius 3 is 2.31 bits per heavy atom. The van der Waals surface area contributed by atoms with Crippen molar-refractivity contribution in [2.75, 3.05) is 25.1 Å². The first kappa shape index (κ1) is 24.0. The lowest BCUT2D eigenvalue weighted by molar-refractivity contribution is 0.102. The van der Waals surface area contributed by atoms with Crippen LogP contribution in [-0.2, 0) is 0 Å². The number of aliphatic hydroxyl groups excluding tert-OH is 1. The predicted molar refractivity (Wildman–Crippen MR) is 128 cm³/mol. The molecule has 9 heteroatoms. The van der Waals surface area contributed by atoms with Crippen LogP contribution in [0.2, 0.25) is 0 Å². The molecule has 182 valence electrons. The molecule has 3 aromatic rings. The Hall–Kier alpha value is -4.11. The van der Waals surface area contributed by atoms with Gasteiger partial charge in [0, 0.05) is 17.8 Å². The predicted octanol–water partition coefficient (Wildman–Crippen LogP) is 3.94. The number of aliphatic hydroxyl groups is 1. The van der Waals surface area contributed by atoms with E-state index in [0.29, 0.717) is 41.5 Å². The summed E-state index contributed by atoms with van der Waals surface area (Å²) in [7, 11) is 0. The standard InChI is InChI=1S/C26H26FN3O5/c1-16(17-4-9-21(10-5-17)30-25(32)18-2-7-20(27)8-3-18)29-26(33)28-15-22(31)19-6-11-23-24(14-19)35-13-12-34-23/h2-11,14,16,22,31H,12-13,15H2,1H3,(H,30,32)(H2,28,29,33)/t16?,22-/m0/s1. The topological polar surface area (TPSA) is 109 Å². The number of ether oxygens (including phenoxy) is 2. The summed E-state index contributed by atoms with van der Waals surface area (Å²) >= 11 is 0. The lowest BCUT2D eigenvalue weighted by atomic mass is 10.1. The second kappa shape index (κ2) is 10.9. The fraction of sp³-hybridized carbons (Fsp3) is 0.231. The van der Waals surface area contributed by atoms with Crippen LogP contribution in [0.15, 0.2) is 66.7 Å². The molecule has 0 saturated carbocycles. The maximum absolute atomic E-state index is 13.0. The van der Waals surface area contributed by atoms with Gasteiger partial charge in [-0.2, -0.15) is 0 Å². The van der Waals surface area contributed by atoms with Gasteiger partial charge in [0.25, 0.3) is 5.91 Å². The van der Waals surface area contributed by atoms with Crippen LogP contribution in [0.4, 0.5) is 14.9 Å². The summed E-state index contributed by atoms with van der Waals surface area (Å²) in [6.07, 6.45) is -0.907. The third-order valence-electron chi connectivity index (χ3n) is 5.53. The summed E-state index contributed by atoms with van der Waals surface area (Å²) in [5, 5.41) is 18.7.